The van der Waals surface area contributed by atoms with Crippen LogP contribution >= 0.6 is 0 Å². The van der Waals surface area contributed by atoms with E-state index >= 15 is 0 Å². The molecule has 0 aromatic heterocycles. The highest BCUT2D eigenvalue weighted by Crippen LogP contribution is 1.85. The van der Waals surface area contributed by atoms with Crippen LogP contribution in [0.25, 0.3) is 20.9 Å². The maximum atomic E-state index is 8.11. The van der Waals surface area contributed by atoms with Gasteiger partial charge in [0.1, 0.15) is 0 Å². The van der Waals surface area contributed by atoms with Crippen molar-refractivity contribution in [2.75, 3.05) is 19.7 Å². The van der Waals surface area contributed by atoms with Crippen LogP contribution in [0.5, 0.6) is 0 Å². The van der Waals surface area contributed by atoms with E-state index in [0.717, 1.165) is 12.8 Å². The quantitative estimate of drug-likeness (QED) is 0.301. The fourth-order valence-corrected chi connectivity index (χ4v) is 0.460. The molecule has 0 bridgehead atoms. The molecule has 0 aromatic carbocycles. The van der Waals surface area contributed by atoms with E-state index in [2.05, 4.69) is 27.0 Å². The first-order chi connectivity index (χ1) is 6.83. The number of azide groups is 2. The molecule has 0 aliphatic carbocycles. The summed E-state index contributed by atoms with van der Waals surface area (Å²) >= 11 is 0. The lowest BCUT2D eigenvalue weighted by Gasteiger charge is -1.80. The third-order valence-electron chi connectivity index (χ3n) is 1.15. The molecule has 80 valence electrons. The number of unbranched alkanes of at least 4 members (excludes halogenated alkanes) is 1. The zero-order valence-electron chi connectivity index (χ0n) is 8.37. The van der Waals surface area contributed by atoms with Crippen molar-refractivity contribution in [3.05, 3.63) is 20.9 Å². The zero-order valence-corrected chi connectivity index (χ0v) is 8.37. The fourth-order valence-electron chi connectivity index (χ4n) is 0.460. The standard InChI is InChI=1S/C4H9N3.C3H7N3O/c1-2-3-4-6-7-5;4-6-5-2-1-3-7/h2-4H2,1H3;7H,1-3H2. The predicted octanol–water partition coefficient (Wildman–Crippen LogP) is 2.78. The van der Waals surface area contributed by atoms with Crippen LogP contribution < -0.4 is 0 Å². The normalized spacial score (nSPS) is 7.57. The lowest BCUT2D eigenvalue weighted by atomic mass is 10.3. The summed E-state index contributed by atoms with van der Waals surface area (Å²) in [7, 11) is 0. The van der Waals surface area contributed by atoms with E-state index in [1.54, 1.807) is 0 Å². The van der Waals surface area contributed by atoms with E-state index in [0.29, 0.717) is 19.5 Å². The Kier molecular flexibility index (Phi) is 19.0. The van der Waals surface area contributed by atoms with Crippen LogP contribution in [-0.4, -0.2) is 24.8 Å². The molecule has 1 N–H and O–H groups in total. The van der Waals surface area contributed by atoms with Crippen LogP contribution in [0, 0.1) is 0 Å². The van der Waals surface area contributed by atoms with Gasteiger partial charge in [-0.2, -0.15) is 0 Å². The van der Waals surface area contributed by atoms with Gasteiger partial charge >= 0.3 is 0 Å². The number of hydrogen-bond acceptors (Lipinski definition) is 3. The summed E-state index contributed by atoms with van der Waals surface area (Å²) in [5, 5.41) is 14.6. The molecule has 0 saturated heterocycles. The van der Waals surface area contributed by atoms with Crippen molar-refractivity contribution >= 4 is 0 Å². The Morgan fingerprint density at radius 1 is 1.07 bits per heavy atom. The average molecular weight is 200 g/mol. The first-order valence-corrected chi connectivity index (χ1v) is 4.46. The number of nitrogens with zero attached hydrogens (tertiary/aromatic N) is 6. The maximum Gasteiger partial charge on any atom is 0.0432 e. The number of aliphatic hydroxyl groups is 1. The molecular formula is C7H16N6O. The smallest absolute Gasteiger partial charge is 0.0432 e. The molecule has 0 atom stereocenters. The molecule has 0 unspecified atom stereocenters. The highest BCUT2D eigenvalue weighted by Gasteiger charge is 1.75. The lowest BCUT2D eigenvalue weighted by molar-refractivity contribution is 0.291. The highest BCUT2D eigenvalue weighted by atomic mass is 16.3. The van der Waals surface area contributed by atoms with Gasteiger partial charge in [0.2, 0.25) is 0 Å². The van der Waals surface area contributed by atoms with Gasteiger partial charge < -0.3 is 5.11 Å². The SMILES string of the molecule is CCCCN=[N+]=[N-].[N-]=[N+]=NCCCO. The van der Waals surface area contributed by atoms with Gasteiger partial charge in [0.15, 0.2) is 0 Å². The van der Waals surface area contributed by atoms with Crippen LogP contribution in [0.3, 0.4) is 0 Å². The van der Waals surface area contributed by atoms with Crippen molar-refractivity contribution in [2.24, 2.45) is 10.2 Å². The van der Waals surface area contributed by atoms with Crippen LogP contribution in [0.1, 0.15) is 26.2 Å². The summed E-state index contributed by atoms with van der Waals surface area (Å²) < 4.78 is 0. The molecule has 0 saturated carbocycles. The molecule has 0 spiro atoms. The number of rotatable bonds is 6. The van der Waals surface area contributed by atoms with Crippen molar-refractivity contribution in [1.82, 2.24) is 0 Å². The zero-order chi connectivity index (χ0) is 11.1. The van der Waals surface area contributed by atoms with Crippen molar-refractivity contribution in [1.29, 1.82) is 0 Å². The molecule has 0 rings (SSSR count). The third kappa shape index (κ3) is 22.4. The van der Waals surface area contributed by atoms with Gasteiger partial charge in [0, 0.05) is 29.5 Å². The summed E-state index contributed by atoms with van der Waals surface area (Å²) in [4.78, 5) is 5.09. The Morgan fingerprint density at radius 2 is 1.57 bits per heavy atom. The lowest BCUT2D eigenvalue weighted by Crippen LogP contribution is -1.83. The minimum Gasteiger partial charge on any atom is -0.396 e. The number of hydrogen-bond donors (Lipinski definition) is 1. The van der Waals surface area contributed by atoms with Gasteiger partial charge in [-0.05, 0) is 23.9 Å². The first kappa shape index (κ1) is 15.1. The van der Waals surface area contributed by atoms with Crippen molar-refractivity contribution < 1.29 is 5.11 Å². The Labute approximate surface area is 83.0 Å². The van der Waals surface area contributed by atoms with Crippen molar-refractivity contribution in [2.45, 2.75) is 26.2 Å². The third-order valence-corrected chi connectivity index (χ3v) is 1.15. The van der Waals surface area contributed by atoms with Gasteiger partial charge in [0.05, 0.1) is 0 Å². The van der Waals surface area contributed by atoms with Crippen molar-refractivity contribution in [3.8, 4) is 0 Å². The Balaban J connectivity index is 0. The van der Waals surface area contributed by atoms with Crippen LogP contribution in [-0.2, 0) is 0 Å². The van der Waals surface area contributed by atoms with E-state index in [9.17, 15) is 0 Å². The van der Waals surface area contributed by atoms with Gasteiger partial charge in [-0.3, -0.25) is 0 Å². The minimum absolute atomic E-state index is 0.0962. The molecule has 0 amide bonds. The highest BCUT2D eigenvalue weighted by molar-refractivity contribution is 4.44. The van der Waals surface area contributed by atoms with Gasteiger partial charge in [-0.25, -0.2) is 0 Å². The Bertz CT molecular complexity index is 172. The summed E-state index contributed by atoms with van der Waals surface area (Å²) in [5.74, 6) is 0. The second kappa shape index (κ2) is 17.6. The van der Waals surface area contributed by atoms with Crippen molar-refractivity contribution in [3.63, 3.8) is 0 Å². The minimum atomic E-state index is 0.0962. The van der Waals surface area contributed by atoms with Gasteiger partial charge in [-0.1, -0.05) is 23.6 Å². The van der Waals surface area contributed by atoms with Crippen LogP contribution in [0.2, 0.25) is 0 Å². The number of aliphatic hydroxyl groups excluding tert-OH is 1. The first-order valence-electron chi connectivity index (χ1n) is 4.46. The molecule has 0 heterocycles. The van der Waals surface area contributed by atoms with E-state index in [-0.39, 0.29) is 6.61 Å². The molecule has 7 nitrogen and oxygen atoms in total. The molecule has 0 aromatic rings. The van der Waals surface area contributed by atoms with Crippen LogP contribution in [0.15, 0.2) is 10.2 Å². The second-order valence-corrected chi connectivity index (χ2v) is 2.34. The van der Waals surface area contributed by atoms with E-state index in [4.69, 9.17) is 16.2 Å². The molecule has 0 aliphatic rings. The molecular weight excluding hydrogens is 184 g/mol. The maximum absolute atomic E-state index is 8.11. The van der Waals surface area contributed by atoms with E-state index in [1.807, 2.05) is 0 Å². The van der Waals surface area contributed by atoms with Gasteiger partial charge in [0.25, 0.3) is 0 Å². The van der Waals surface area contributed by atoms with E-state index < -0.39 is 0 Å². The summed E-state index contributed by atoms with van der Waals surface area (Å²) in [6, 6.07) is 0. The fraction of sp³-hybridized carbons (Fsp3) is 1.00. The summed E-state index contributed by atoms with van der Waals surface area (Å²) in [5.41, 5.74) is 15.4. The average Bonchev–Trinajstić information content (AvgIpc) is 2.21. The molecule has 7 heteroatoms. The Morgan fingerprint density at radius 3 is 1.93 bits per heavy atom. The topological polar surface area (TPSA) is 118 Å². The largest absolute Gasteiger partial charge is 0.396 e. The van der Waals surface area contributed by atoms with Gasteiger partial charge in [-0.15, -0.1) is 0 Å². The van der Waals surface area contributed by atoms with Crippen LogP contribution in [0.4, 0.5) is 0 Å². The van der Waals surface area contributed by atoms with E-state index in [1.165, 1.54) is 0 Å². The molecule has 0 aliphatic heterocycles. The monoisotopic (exact) mass is 200 g/mol. The predicted molar refractivity (Wildman–Crippen MR) is 54.6 cm³/mol. The summed E-state index contributed by atoms with van der Waals surface area (Å²) in [6.45, 7) is 3.20. The molecule has 0 fully saturated rings. The molecule has 0 radical (unpaired) electrons. The summed E-state index contributed by atoms with van der Waals surface area (Å²) in [6.07, 6.45) is 2.66. The molecule has 14 heavy (non-hydrogen) atoms. The second-order valence-electron chi connectivity index (χ2n) is 2.34. The Hall–Kier alpha value is -1.42.